The van der Waals surface area contributed by atoms with Gasteiger partial charge in [0.2, 0.25) is 0 Å². The Hall–Kier alpha value is -2.57. The first-order chi connectivity index (χ1) is 11.9. The summed E-state index contributed by atoms with van der Waals surface area (Å²) in [6.07, 6.45) is 0. The minimum Gasteiger partial charge on any atom is -0.465 e. The SMILES string of the molecule is COC(=O)c1ccc(Cl)c(NS(=O)(=O)c2ccc3ccccc3c2)c1. The minimum atomic E-state index is -3.86. The second-order valence-electron chi connectivity index (χ2n) is 5.30. The third kappa shape index (κ3) is 3.60. The van der Waals surface area contributed by atoms with E-state index in [0.717, 1.165) is 10.8 Å². The number of sulfonamides is 1. The number of carbonyl (C=O) groups is 1. The Balaban J connectivity index is 1.99. The second kappa shape index (κ2) is 6.74. The Morgan fingerprint density at radius 1 is 1.00 bits per heavy atom. The van der Waals surface area contributed by atoms with E-state index in [9.17, 15) is 13.2 Å². The quantitative estimate of drug-likeness (QED) is 0.697. The molecule has 0 spiro atoms. The fourth-order valence-corrected chi connectivity index (χ4v) is 3.71. The Labute approximate surface area is 150 Å². The van der Waals surface area contributed by atoms with Gasteiger partial charge in [0.05, 0.1) is 28.3 Å². The van der Waals surface area contributed by atoms with Crippen LogP contribution in [-0.2, 0) is 14.8 Å². The molecule has 7 heteroatoms. The summed E-state index contributed by atoms with van der Waals surface area (Å²) in [5.41, 5.74) is 0.306. The number of anilines is 1. The average molecular weight is 376 g/mol. The van der Waals surface area contributed by atoms with Crippen molar-refractivity contribution >= 4 is 44.1 Å². The summed E-state index contributed by atoms with van der Waals surface area (Å²) in [6, 6.07) is 16.5. The largest absolute Gasteiger partial charge is 0.465 e. The highest BCUT2D eigenvalue weighted by molar-refractivity contribution is 7.92. The predicted octanol–water partition coefficient (Wildman–Crippen LogP) is 4.08. The highest BCUT2D eigenvalue weighted by atomic mass is 35.5. The molecule has 0 atom stereocenters. The maximum absolute atomic E-state index is 12.7. The molecule has 0 saturated heterocycles. The van der Waals surface area contributed by atoms with Crippen molar-refractivity contribution in [2.75, 3.05) is 11.8 Å². The van der Waals surface area contributed by atoms with Crippen molar-refractivity contribution in [3.63, 3.8) is 0 Å². The summed E-state index contributed by atoms with van der Waals surface area (Å²) in [6.45, 7) is 0. The molecule has 0 aliphatic carbocycles. The number of fused-ring (bicyclic) bond motifs is 1. The van der Waals surface area contributed by atoms with Crippen molar-refractivity contribution < 1.29 is 17.9 Å². The van der Waals surface area contributed by atoms with E-state index < -0.39 is 16.0 Å². The van der Waals surface area contributed by atoms with E-state index >= 15 is 0 Å². The van der Waals surface area contributed by atoms with Gasteiger partial charge in [-0.25, -0.2) is 13.2 Å². The zero-order chi connectivity index (χ0) is 18.0. The van der Waals surface area contributed by atoms with Crippen LogP contribution in [0, 0.1) is 0 Å². The van der Waals surface area contributed by atoms with Crippen LogP contribution < -0.4 is 4.72 Å². The lowest BCUT2D eigenvalue weighted by Gasteiger charge is -2.11. The van der Waals surface area contributed by atoms with Gasteiger partial charge in [0.25, 0.3) is 10.0 Å². The van der Waals surface area contributed by atoms with Gasteiger partial charge in [-0.1, -0.05) is 41.9 Å². The summed E-state index contributed by atoms with van der Waals surface area (Å²) in [4.78, 5) is 11.7. The van der Waals surface area contributed by atoms with Crippen molar-refractivity contribution in [2.24, 2.45) is 0 Å². The van der Waals surface area contributed by atoms with E-state index in [-0.39, 0.29) is 21.2 Å². The number of methoxy groups -OCH3 is 1. The Kier molecular flexibility index (Phi) is 4.65. The maximum atomic E-state index is 12.7. The molecule has 0 heterocycles. The number of hydrogen-bond donors (Lipinski definition) is 1. The normalized spacial score (nSPS) is 11.3. The van der Waals surface area contributed by atoms with Crippen LogP contribution in [0.15, 0.2) is 65.6 Å². The van der Waals surface area contributed by atoms with Crippen LogP contribution in [0.25, 0.3) is 10.8 Å². The summed E-state index contributed by atoms with van der Waals surface area (Å²) in [7, 11) is -2.62. The molecule has 0 saturated carbocycles. The van der Waals surface area contributed by atoms with Gasteiger partial charge in [0.15, 0.2) is 0 Å². The zero-order valence-corrected chi connectivity index (χ0v) is 14.8. The molecule has 0 bridgehead atoms. The number of esters is 1. The summed E-state index contributed by atoms with van der Waals surface area (Å²) in [5.74, 6) is -0.581. The first-order valence-electron chi connectivity index (χ1n) is 7.30. The van der Waals surface area contributed by atoms with E-state index in [2.05, 4.69) is 9.46 Å². The number of carbonyl (C=O) groups excluding carboxylic acids is 1. The van der Waals surface area contributed by atoms with Crippen molar-refractivity contribution in [2.45, 2.75) is 4.90 Å². The number of ether oxygens (including phenoxy) is 1. The van der Waals surface area contributed by atoms with Crippen molar-refractivity contribution in [1.29, 1.82) is 0 Å². The third-order valence-electron chi connectivity index (χ3n) is 3.66. The summed E-state index contributed by atoms with van der Waals surface area (Å²) >= 11 is 6.05. The van der Waals surface area contributed by atoms with Gasteiger partial charge in [-0.15, -0.1) is 0 Å². The Bertz CT molecular complexity index is 1060. The van der Waals surface area contributed by atoms with Gasteiger partial charge in [0, 0.05) is 0 Å². The molecular weight excluding hydrogens is 362 g/mol. The van der Waals surface area contributed by atoms with Gasteiger partial charge >= 0.3 is 5.97 Å². The molecule has 3 rings (SSSR count). The number of rotatable bonds is 4. The molecule has 0 unspecified atom stereocenters. The van der Waals surface area contributed by atoms with Gasteiger partial charge < -0.3 is 4.74 Å². The molecule has 0 amide bonds. The lowest BCUT2D eigenvalue weighted by atomic mass is 10.1. The summed E-state index contributed by atoms with van der Waals surface area (Å²) < 4.78 is 32.4. The van der Waals surface area contributed by atoms with Gasteiger partial charge in [-0.3, -0.25) is 4.72 Å². The van der Waals surface area contributed by atoms with Crippen LogP contribution in [0.5, 0.6) is 0 Å². The Morgan fingerprint density at radius 3 is 2.44 bits per heavy atom. The first kappa shape index (κ1) is 17.3. The second-order valence-corrected chi connectivity index (χ2v) is 7.39. The van der Waals surface area contributed by atoms with E-state index in [4.69, 9.17) is 11.6 Å². The lowest BCUT2D eigenvalue weighted by Crippen LogP contribution is -2.14. The minimum absolute atomic E-state index is 0.103. The van der Waals surface area contributed by atoms with Gasteiger partial charge in [0.1, 0.15) is 0 Å². The highest BCUT2D eigenvalue weighted by Gasteiger charge is 2.18. The monoisotopic (exact) mass is 375 g/mol. The first-order valence-corrected chi connectivity index (χ1v) is 9.16. The molecule has 0 aliphatic rings. The van der Waals surface area contributed by atoms with Crippen LogP contribution in [0.3, 0.4) is 0 Å². The molecule has 0 aromatic heterocycles. The molecule has 0 fully saturated rings. The molecule has 1 N–H and O–H groups in total. The molecule has 5 nitrogen and oxygen atoms in total. The predicted molar refractivity (Wildman–Crippen MR) is 97.5 cm³/mol. The van der Waals surface area contributed by atoms with Crippen LogP contribution in [0.1, 0.15) is 10.4 Å². The van der Waals surface area contributed by atoms with Crippen molar-refractivity contribution in [3.05, 3.63) is 71.2 Å². The lowest BCUT2D eigenvalue weighted by molar-refractivity contribution is 0.0601. The van der Waals surface area contributed by atoms with Crippen LogP contribution >= 0.6 is 11.6 Å². The van der Waals surface area contributed by atoms with E-state index in [1.165, 1.54) is 31.4 Å². The van der Waals surface area contributed by atoms with E-state index in [0.29, 0.717) is 0 Å². The summed E-state index contributed by atoms with van der Waals surface area (Å²) in [5, 5.41) is 1.92. The molecule has 0 aliphatic heterocycles. The van der Waals surface area contributed by atoms with Crippen LogP contribution in [-0.4, -0.2) is 21.5 Å². The van der Waals surface area contributed by atoms with Crippen LogP contribution in [0.2, 0.25) is 5.02 Å². The molecule has 3 aromatic carbocycles. The number of benzene rings is 3. The van der Waals surface area contributed by atoms with Gasteiger partial charge in [-0.2, -0.15) is 0 Å². The average Bonchev–Trinajstić information content (AvgIpc) is 2.62. The standard InChI is InChI=1S/C18H14ClNO4S/c1-24-18(21)14-7-9-16(19)17(11-14)20-25(22,23)15-8-6-12-4-2-3-5-13(12)10-15/h2-11,20H,1H3. The van der Waals surface area contributed by atoms with E-state index in [1.54, 1.807) is 12.1 Å². The fraction of sp³-hybridized carbons (Fsp3) is 0.0556. The molecular formula is C18H14ClNO4S. The van der Waals surface area contributed by atoms with Gasteiger partial charge in [-0.05, 0) is 41.1 Å². The zero-order valence-electron chi connectivity index (χ0n) is 13.2. The topological polar surface area (TPSA) is 72.5 Å². The fourth-order valence-electron chi connectivity index (χ4n) is 2.39. The number of halogens is 1. The number of nitrogens with one attached hydrogen (secondary N) is 1. The van der Waals surface area contributed by atoms with Crippen LogP contribution in [0.4, 0.5) is 5.69 Å². The van der Waals surface area contributed by atoms with E-state index in [1.807, 2.05) is 24.3 Å². The number of hydrogen-bond acceptors (Lipinski definition) is 4. The molecule has 25 heavy (non-hydrogen) atoms. The Morgan fingerprint density at radius 2 is 1.72 bits per heavy atom. The third-order valence-corrected chi connectivity index (χ3v) is 5.36. The smallest absolute Gasteiger partial charge is 0.337 e. The molecule has 3 aromatic rings. The molecule has 128 valence electrons. The van der Waals surface area contributed by atoms with Crippen molar-refractivity contribution in [3.8, 4) is 0 Å². The maximum Gasteiger partial charge on any atom is 0.337 e. The highest BCUT2D eigenvalue weighted by Crippen LogP contribution is 2.27. The molecule has 0 radical (unpaired) electrons. The van der Waals surface area contributed by atoms with Crippen molar-refractivity contribution in [1.82, 2.24) is 0 Å².